The van der Waals surface area contributed by atoms with Gasteiger partial charge in [-0.05, 0) is 26.3 Å². The third-order valence-corrected chi connectivity index (χ3v) is 11.3. The van der Waals surface area contributed by atoms with E-state index in [-0.39, 0.29) is 5.56 Å². The number of benzene rings is 1. The predicted octanol–water partition coefficient (Wildman–Crippen LogP) is 0.874. The number of alkyl halides is 6. The topological polar surface area (TPSA) is 183 Å². The van der Waals surface area contributed by atoms with Gasteiger partial charge in [0.05, 0.1) is 31.2 Å². The minimum Gasteiger partial charge on any atom is -0.389 e. The Morgan fingerprint density at radius 2 is 0.949 bits per heavy atom. The van der Waals surface area contributed by atoms with Gasteiger partial charge in [-0.3, -0.25) is 0 Å². The van der Waals surface area contributed by atoms with Crippen molar-refractivity contribution >= 4 is 40.1 Å². The van der Waals surface area contributed by atoms with Crippen molar-refractivity contribution in [2.75, 3.05) is 25.6 Å². The fourth-order valence-electron chi connectivity index (χ4n) is 2.45. The molecule has 230 valence electrons. The van der Waals surface area contributed by atoms with Crippen molar-refractivity contribution < 1.29 is 70.2 Å². The Balaban J connectivity index is 0.000000768. The average Bonchev–Trinajstić information content (AvgIpc) is 2.67. The van der Waals surface area contributed by atoms with Crippen LogP contribution in [0.4, 0.5) is 26.3 Å². The van der Waals surface area contributed by atoms with Gasteiger partial charge in [-0.25, -0.2) is 33.7 Å². The molecule has 0 saturated heterocycles. The van der Waals surface area contributed by atoms with Crippen LogP contribution in [0.3, 0.4) is 0 Å². The van der Waals surface area contributed by atoms with Crippen LogP contribution in [0.5, 0.6) is 0 Å². The van der Waals surface area contributed by atoms with Crippen LogP contribution in [-0.2, 0) is 45.7 Å². The molecule has 0 radical (unpaired) electrons. The van der Waals surface area contributed by atoms with Crippen LogP contribution in [0.15, 0.2) is 30.3 Å². The Morgan fingerprint density at radius 3 is 1.21 bits per heavy atom. The van der Waals surface area contributed by atoms with Crippen molar-refractivity contribution in [2.24, 2.45) is 0 Å². The maximum absolute atomic E-state index is 12.6. The normalized spacial score (nSPS) is 16.0. The summed E-state index contributed by atoms with van der Waals surface area (Å²) in [5.41, 5.74) is -15.5. The van der Waals surface area contributed by atoms with Crippen molar-refractivity contribution in [3.63, 3.8) is 0 Å². The molecule has 0 aliphatic heterocycles. The Bertz CT molecular complexity index is 1420. The number of sulfonamides is 4. The van der Waals surface area contributed by atoms with Crippen LogP contribution in [0.1, 0.15) is 26.3 Å². The summed E-state index contributed by atoms with van der Waals surface area (Å²) in [6.45, 7) is 0.478. The number of aliphatic hydroxyl groups is 2. The smallest absolute Gasteiger partial charge is 0.389 e. The molecule has 1 unspecified atom stereocenters. The first-order valence-corrected chi connectivity index (χ1v) is 16.4. The second-order valence-electron chi connectivity index (χ2n) is 8.74. The molecule has 0 aromatic heterocycles. The molecule has 12 nitrogen and oxygen atoms in total. The Labute approximate surface area is 222 Å². The summed E-state index contributed by atoms with van der Waals surface area (Å²) in [5, 5.41) is 19.5. The van der Waals surface area contributed by atoms with E-state index in [1.807, 2.05) is 0 Å². The zero-order valence-corrected chi connectivity index (χ0v) is 24.0. The third kappa shape index (κ3) is 10.4. The summed E-state index contributed by atoms with van der Waals surface area (Å²) < 4.78 is 163. The molecule has 1 rings (SSSR count). The van der Waals surface area contributed by atoms with E-state index in [1.54, 1.807) is 6.07 Å². The molecule has 0 saturated carbocycles. The van der Waals surface area contributed by atoms with Crippen LogP contribution in [-0.4, -0.2) is 93.5 Å². The lowest BCUT2D eigenvalue weighted by Gasteiger charge is -2.30. The lowest BCUT2D eigenvalue weighted by atomic mass is 9.97. The SMILES string of the molecule is CC(C)(O)CN(S(C)(=O)=O)S(=O)(=O)C(F)(F)F.CC(O)(CN(S(C)(=O)=O)S(=O)(=O)C(F)(F)F)c1ccccc1. The predicted molar refractivity (Wildman–Crippen MR) is 125 cm³/mol. The summed E-state index contributed by atoms with van der Waals surface area (Å²) in [7, 11) is -21.7. The molecule has 0 aliphatic carbocycles. The van der Waals surface area contributed by atoms with Crippen molar-refractivity contribution in [2.45, 2.75) is 43.0 Å². The van der Waals surface area contributed by atoms with Gasteiger partial charge in [-0.15, -0.1) is 0 Å². The Kier molecular flexibility index (Phi) is 11.3. The molecule has 0 aliphatic rings. The highest BCUT2D eigenvalue weighted by atomic mass is 32.3. The van der Waals surface area contributed by atoms with E-state index in [0.29, 0.717) is 12.5 Å². The molecule has 22 heteroatoms. The molecule has 1 aromatic rings. The van der Waals surface area contributed by atoms with Gasteiger partial charge in [0.25, 0.3) is 0 Å². The van der Waals surface area contributed by atoms with E-state index < -0.39 is 82.8 Å². The Hall–Kier alpha value is -1.56. The third-order valence-electron chi connectivity index (χ3n) is 4.21. The molecule has 0 bridgehead atoms. The van der Waals surface area contributed by atoms with Gasteiger partial charge in [0.1, 0.15) is 5.60 Å². The number of hydrogen-bond donors (Lipinski definition) is 2. The molecular formula is C17H26F6N2O10S4. The van der Waals surface area contributed by atoms with E-state index in [2.05, 4.69) is 0 Å². The van der Waals surface area contributed by atoms with E-state index in [4.69, 9.17) is 0 Å². The van der Waals surface area contributed by atoms with E-state index in [0.717, 1.165) is 20.8 Å². The summed E-state index contributed by atoms with van der Waals surface area (Å²) >= 11 is 0. The van der Waals surface area contributed by atoms with Crippen LogP contribution in [0.25, 0.3) is 0 Å². The number of hydrogen-bond acceptors (Lipinski definition) is 10. The van der Waals surface area contributed by atoms with Gasteiger partial charge in [-0.1, -0.05) is 37.8 Å². The second kappa shape index (κ2) is 11.7. The van der Waals surface area contributed by atoms with Gasteiger partial charge in [0, 0.05) is 0 Å². The first-order chi connectivity index (χ1) is 16.8. The minimum atomic E-state index is -6.15. The summed E-state index contributed by atoms with van der Waals surface area (Å²) in [5.74, 6) is 0. The molecule has 0 fully saturated rings. The molecule has 1 atom stereocenters. The van der Waals surface area contributed by atoms with Gasteiger partial charge in [0.2, 0.25) is 20.0 Å². The van der Waals surface area contributed by atoms with E-state index >= 15 is 0 Å². The van der Waals surface area contributed by atoms with Crippen molar-refractivity contribution in [3.8, 4) is 0 Å². The highest BCUT2D eigenvalue weighted by Crippen LogP contribution is 2.32. The molecule has 0 spiro atoms. The van der Waals surface area contributed by atoms with E-state index in [9.17, 15) is 70.2 Å². The van der Waals surface area contributed by atoms with Crippen molar-refractivity contribution in [1.82, 2.24) is 7.42 Å². The minimum absolute atomic E-state index is 0.0704. The highest BCUT2D eigenvalue weighted by molar-refractivity contribution is 8.04. The fourth-order valence-corrected chi connectivity index (χ4v) is 8.21. The van der Waals surface area contributed by atoms with Crippen LogP contribution in [0, 0.1) is 0 Å². The maximum atomic E-state index is 12.6. The zero-order chi connectivity index (χ0) is 31.7. The molecular weight excluding hydrogens is 634 g/mol. The fraction of sp³-hybridized carbons (Fsp3) is 0.647. The first kappa shape index (κ1) is 37.4. The molecule has 39 heavy (non-hydrogen) atoms. The number of halogens is 6. The van der Waals surface area contributed by atoms with Crippen molar-refractivity contribution in [3.05, 3.63) is 35.9 Å². The zero-order valence-electron chi connectivity index (χ0n) is 20.8. The van der Waals surface area contributed by atoms with E-state index in [1.165, 1.54) is 24.3 Å². The molecule has 2 N–H and O–H groups in total. The highest BCUT2D eigenvalue weighted by Gasteiger charge is 2.55. The van der Waals surface area contributed by atoms with Gasteiger partial charge < -0.3 is 10.2 Å². The standard InChI is InChI=1S/C11H14F3NO5S2.C6H12F3NO5S2/c1-10(16,9-6-4-3-5-7-9)8-15(21(2,17)18)22(19,20)11(12,13)14;1-5(2,11)4-10(16(3,12)13)17(14,15)6(7,8)9/h3-7,16H,8H2,1-2H3;11H,4H2,1-3H3. The molecule has 1 aromatic carbocycles. The Morgan fingerprint density at radius 1 is 0.641 bits per heavy atom. The number of nitrogens with zero attached hydrogens (tertiary/aromatic N) is 2. The largest absolute Gasteiger partial charge is 0.512 e. The average molecular weight is 661 g/mol. The van der Waals surface area contributed by atoms with Crippen LogP contribution >= 0.6 is 0 Å². The lowest BCUT2D eigenvalue weighted by molar-refractivity contribution is -0.0490. The van der Waals surface area contributed by atoms with Crippen molar-refractivity contribution in [1.29, 1.82) is 0 Å². The lowest BCUT2D eigenvalue weighted by Crippen LogP contribution is -2.49. The van der Waals surface area contributed by atoms with Gasteiger partial charge >= 0.3 is 31.1 Å². The monoisotopic (exact) mass is 660 g/mol. The summed E-state index contributed by atoms with van der Waals surface area (Å²) in [6.07, 6.45) is 0.624. The van der Waals surface area contributed by atoms with Crippen LogP contribution < -0.4 is 0 Å². The summed E-state index contributed by atoms with van der Waals surface area (Å²) in [4.78, 5) is 0. The van der Waals surface area contributed by atoms with Gasteiger partial charge in [0.15, 0.2) is 0 Å². The molecule has 0 amide bonds. The number of rotatable bonds is 9. The van der Waals surface area contributed by atoms with Gasteiger partial charge in [-0.2, -0.15) is 26.3 Å². The quantitative estimate of drug-likeness (QED) is 0.361. The second-order valence-corrected chi connectivity index (χ2v) is 16.7. The van der Waals surface area contributed by atoms with Crippen LogP contribution in [0.2, 0.25) is 0 Å². The summed E-state index contributed by atoms with van der Waals surface area (Å²) in [6, 6.07) is 7.17. The maximum Gasteiger partial charge on any atom is 0.512 e. The molecule has 0 heterocycles. The first-order valence-electron chi connectivity index (χ1n) is 9.87.